The lowest BCUT2D eigenvalue weighted by Gasteiger charge is -2.16. The molecule has 4 aromatic rings. The second-order valence-electron chi connectivity index (χ2n) is 7.24. The quantitative estimate of drug-likeness (QED) is 0.366. The molecule has 4 rings (SSSR count). The Morgan fingerprint density at radius 1 is 0.767 bits per heavy atom. The molecular weight excluding hydrogens is 372 g/mol. The number of benzene rings is 4. The van der Waals surface area contributed by atoms with Crippen LogP contribution >= 0.6 is 0 Å². The summed E-state index contributed by atoms with van der Waals surface area (Å²) in [7, 11) is 3.34. The summed E-state index contributed by atoms with van der Waals surface area (Å²) in [6, 6.07) is 27.7. The van der Waals surface area contributed by atoms with Gasteiger partial charge in [-0.15, -0.1) is 0 Å². The van der Waals surface area contributed by atoms with Gasteiger partial charge in [0.15, 0.2) is 5.78 Å². The van der Waals surface area contributed by atoms with Crippen molar-refractivity contribution in [2.45, 2.75) is 12.8 Å². The number of carbonyl (C=O) groups excluding carboxylic acids is 1. The SMILES string of the molecule is COc1ccc(OC)c(Cc2c(CC(=O)c3ccccc3)ccc3ccccc23)c1. The first-order valence-electron chi connectivity index (χ1n) is 9.98. The lowest BCUT2D eigenvalue weighted by atomic mass is 9.90. The molecule has 4 aromatic carbocycles. The Hall–Kier alpha value is -3.59. The topological polar surface area (TPSA) is 35.5 Å². The summed E-state index contributed by atoms with van der Waals surface area (Å²) in [6.45, 7) is 0. The van der Waals surface area contributed by atoms with Crippen molar-refractivity contribution in [1.82, 2.24) is 0 Å². The molecule has 0 N–H and O–H groups in total. The number of carbonyl (C=O) groups is 1. The highest BCUT2D eigenvalue weighted by Gasteiger charge is 2.15. The molecule has 3 nitrogen and oxygen atoms in total. The molecule has 150 valence electrons. The van der Waals surface area contributed by atoms with Crippen LogP contribution in [-0.2, 0) is 12.8 Å². The Bertz CT molecular complexity index is 1180. The van der Waals surface area contributed by atoms with Gasteiger partial charge in [-0.1, -0.05) is 66.7 Å². The minimum atomic E-state index is 0.115. The van der Waals surface area contributed by atoms with Gasteiger partial charge in [0, 0.05) is 24.0 Å². The van der Waals surface area contributed by atoms with Gasteiger partial charge >= 0.3 is 0 Å². The predicted octanol–water partition coefficient (Wildman–Crippen LogP) is 5.87. The molecule has 0 unspecified atom stereocenters. The standard InChI is InChI=1S/C27H24O3/c1-29-23-14-15-27(30-2)22(16-23)17-25-21(13-12-19-8-6-7-11-24(19)25)18-26(28)20-9-4-3-5-10-20/h3-16H,17-18H2,1-2H3. The molecule has 0 spiro atoms. The van der Waals surface area contributed by atoms with E-state index in [4.69, 9.17) is 9.47 Å². The van der Waals surface area contributed by atoms with Gasteiger partial charge in [-0.25, -0.2) is 0 Å². The fourth-order valence-electron chi connectivity index (χ4n) is 3.87. The Morgan fingerprint density at radius 3 is 2.30 bits per heavy atom. The summed E-state index contributed by atoms with van der Waals surface area (Å²) in [5.41, 5.74) is 3.94. The molecule has 0 amide bonds. The summed E-state index contributed by atoms with van der Waals surface area (Å²) in [4.78, 5) is 12.9. The lowest BCUT2D eigenvalue weighted by molar-refractivity contribution is 0.0993. The molecule has 0 atom stereocenters. The van der Waals surface area contributed by atoms with Gasteiger partial charge in [0.1, 0.15) is 11.5 Å². The summed E-state index contributed by atoms with van der Waals surface area (Å²) < 4.78 is 11.0. The first-order valence-corrected chi connectivity index (χ1v) is 9.98. The van der Waals surface area contributed by atoms with E-state index in [0.717, 1.165) is 44.5 Å². The highest BCUT2D eigenvalue weighted by atomic mass is 16.5. The average molecular weight is 396 g/mol. The number of ketones is 1. The van der Waals surface area contributed by atoms with Gasteiger partial charge in [-0.3, -0.25) is 4.79 Å². The molecule has 30 heavy (non-hydrogen) atoms. The van der Waals surface area contributed by atoms with Crippen molar-refractivity contribution < 1.29 is 14.3 Å². The first kappa shape index (κ1) is 19.7. The molecule has 0 radical (unpaired) electrons. The minimum absolute atomic E-state index is 0.115. The Labute approximate surface area is 176 Å². The van der Waals surface area contributed by atoms with E-state index in [0.29, 0.717) is 12.8 Å². The van der Waals surface area contributed by atoms with Crippen molar-refractivity contribution in [2.24, 2.45) is 0 Å². The fourth-order valence-corrected chi connectivity index (χ4v) is 3.87. The van der Waals surface area contributed by atoms with Crippen LogP contribution in [0.2, 0.25) is 0 Å². The zero-order valence-corrected chi connectivity index (χ0v) is 17.2. The number of fused-ring (bicyclic) bond motifs is 1. The summed E-state index contributed by atoms with van der Waals surface area (Å²) in [5, 5.41) is 2.31. The van der Waals surface area contributed by atoms with Crippen molar-refractivity contribution >= 4 is 16.6 Å². The molecule has 0 aliphatic rings. The van der Waals surface area contributed by atoms with Gasteiger partial charge in [-0.05, 0) is 40.1 Å². The van der Waals surface area contributed by atoms with Gasteiger partial charge < -0.3 is 9.47 Å². The van der Waals surface area contributed by atoms with Crippen LogP contribution in [0.25, 0.3) is 10.8 Å². The maximum atomic E-state index is 12.9. The van der Waals surface area contributed by atoms with Crippen LogP contribution in [0.15, 0.2) is 84.9 Å². The maximum absolute atomic E-state index is 12.9. The van der Waals surface area contributed by atoms with E-state index >= 15 is 0 Å². The van der Waals surface area contributed by atoms with Crippen molar-refractivity contribution in [2.75, 3.05) is 14.2 Å². The van der Waals surface area contributed by atoms with Crippen LogP contribution < -0.4 is 9.47 Å². The normalized spacial score (nSPS) is 10.7. The van der Waals surface area contributed by atoms with Gasteiger partial charge in [0.2, 0.25) is 0 Å². The monoisotopic (exact) mass is 396 g/mol. The first-order chi connectivity index (χ1) is 14.7. The van der Waals surface area contributed by atoms with Gasteiger partial charge in [0.05, 0.1) is 14.2 Å². The predicted molar refractivity (Wildman–Crippen MR) is 121 cm³/mol. The van der Waals surface area contributed by atoms with Crippen LogP contribution in [0.1, 0.15) is 27.0 Å². The molecule has 3 heteroatoms. The van der Waals surface area contributed by atoms with Crippen LogP contribution in [0.3, 0.4) is 0 Å². The minimum Gasteiger partial charge on any atom is -0.497 e. The molecule has 0 saturated heterocycles. The summed E-state index contributed by atoms with van der Waals surface area (Å²) in [5.74, 6) is 1.71. The molecule has 0 fully saturated rings. The Balaban J connectivity index is 1.79. The maximum Gasteiger partial charge on any atom is 0.167 e. The number of hydrogen-bond acceptors (Lipinski definition) is 3. The molecule has 0 bridgehead atoms. The number of Topliss-reactive ketones (excluding diaryl/α,β-unsaturated/α-hetero) is 1. The van der Waals surface area contributed by atoms with Gasteiger partial charge in [0.25, 0.3) is 0 Å². The van der Waals surface area contributed by atoms with Crippen LogP contribution in [0.4, 0.5) is 0 Å². The molecular formula is C27H24O3. The summed E-state index contributed by atoms with van der Waals surface area (Å²) in [6.07, 6.45) is 1.01. The lowest BCUT2D eigenvalue weighted by Crippen LogP contribution is -2.07. The third kappa shape index (κ3) is 4.06. The number of rotatable bonds is 7. The van der Waals surface area contributed by atoms with Crippen LogP contribution in [0, 0.1) is 0 Å². The van der Waals surface area contributed by atoms with Crippen molar-refractivity contribution in [3.05, 3.63) is 107 Å². The molecule has 0 aliphatic carbocycles. The second-order valence-corrected chi connectivity index (χ2v) is 7.24. The largest absolute Gasteiger partial charge is 0.497 e. The fraction of sp³-hybridized carbons (Fsp3) is 0.148. The van der Waals surface area contributed by atoms with Crippen LogP contribution in [-0.4, -0.2) is 20.0 Å². The van der Waals surface area contributed by atoms with E-state index in [1.54, 1.807) is 14.2 Å². The highest BCUT2D eigenvalue weighted by molar-refractivity contribution is 5.98. The molecule has 0 aromatic heterocycles. The second kappa shape index (κ2) is 8.83. The van der Waals surface area contributed by atoms with Gasteiger partial charge in [-0.2, -0.15) is 0 Å². The van der Waals surface area contributed by atoms with Crippen molar-refractivity contribution in [1.29, 1.82) is 0 Å². The third-order valence-electron chi connectivity index (χ3n) is 5.44. The zero-order valence-electron chi connectivity index (χ0n) is 17.2. The summed E-state index contributed by atoms with van der Waals surface area (Å²) >= 11 is 0. The number of ether oxygens (including phenoxy) is 2. The average Bonchev–Trinajstić information content (AvgIpc) is 2.81. The van der Waals surface area contributed by atoms with E-state index in [1.807, 2.05) is 60.7 Å². The van der Waals surface area contributed by atoms with Crippen molar-refractivity contribution in [3.63, 3.8) is 0 Å². The molecule has 0 aliphatic heterocycles. The molecule has 0 saturated carbocycles. The number of hydrogen-bond donors (Lipinski definition) is 0. The van der Waals surface area contributed by atoms with Crippen LogP contribution in [0.5, 0.6) is 11.5 Å². The van der Waals surface area contributed by atoms with E-state index in [2.05, 4.69) is 24.3 Å². The highest BCUT2D eigenvalue weighted by Crippen LogP contribution is 2.31. The Kier molecular flexibility index (Phi) is 5.80. The smallest absolute Gasteiger partial charge is 0.167 e. The van der Waals surface area contributed by atoms with Crippen molar-refractivity contribution in [3.8, 4) is 11.5 Å². The molecule has 0 heterocycles. The Morgan fingerprint density at radius 2 is 1.53 bits per heavy atom. The van der Waals surface area contributed by atoms with E-state index in [9.17, 15) is 4.79 Å². The number of methoxy groups -OCH3 is 2. The van der Waals surface area contributed by atoms with E-state index in [1.165, 1.54) is 0 Å². The zero-order chi connectivity index (χ0) is 20.9. The van der Waals surface area contributed by atoms with E-state index < -0.39 is 0 Å². The van der Waals surface area contributed by atoms with E-state index in [-0.39, 0.29) is 5.78 Å². The third-order valence-corrected chi connectivity index (χ3v) is 5.44.